The number of nitrogens with two attached hydrogens (primary N) is 2. The molecule has 1 aromatic carbocycles. The molecule has 0 atom stereocenters. The minimum absolute atomic E-state index is 0.166. The predicted octanol–water partition coefficient (Wildman–Crippen LogP) is 0.0277. The lowest BCUT2D eigenvalue weighted by atomic mass is 9.83. The zero-order valence-electron chi connectivity index (χ0n) is 14.1. The van der Waals surface area contributed by atoms with Crippen LogP contribution in [0.3, 0.4) is 0 Å². The Morgan fingerprint density at radius 2 is 1.40 bits per heavy atom. The summed E-state index contributed by atoms with van der Waals surface area (Å²) in [5, 5.41) is 6.29. The largest absolute Gasteiger partial charge is 0.383 e. The lowest BCUT2D eigenvalue weighted by Gasteiger charge is -2.23. The van der Waals surface area contributed by atoms with E-state index in [2.05, 4.69) is 10.6 Å². The molecule has 0 unspecified atom stereocenters. The number of aromatic nitrogens is 1. The number of hydrogen-bond donors (Lipinski definition) is 4. The first kappa shape index (κ1) is 17.1. The highest BCUT2D eigenvalue weighted by atomic mass is 16.1. The molecule has 25 heavy (non-hydrogen) atoms. The van der Waals surface area contributed by atoms with Crippen LogP contribution in [-0.4, -0.2) is 37.7 Å². The lowest BCUT2D eigenvalue weighted by Crippen LogP contribution is -2.33. The number of rotatable bonds is 6. The fourth-order valence-corrected chi connectivity index (χ4v) is 3.03. The third-order valence-electron chi connectivity index (χ3n) is 4.17. The second-order valence-corrected chi connectivity index (χ2v) is 5.94. The fraction of sp³-hybridized carbons (Fsp3) is 0.278. The zero-order chi connectivity index (χ0) is 18.0. The SMILES string of the molecule is C[n+]1ccc2c(c1)C(=O)c1c(NCCN)ccc(NCCN)c1C2=O. The number of carbonyl (C=O) groups excluding carboxylic acids is 2. The molecule has 0 amide bonds. The Kier molecular flexibility index (Phi) is 4.78. The van der Waals surface area contributed by atoms with Crippen molar-refractivity contribution in [3.05, 3.63) is 52.8 Å². The van der Waals surface area contributed by atoms with E-state index in [9.17, 15) is 9.59 Å². The number of aryl methyl sites for hydroxylation is 1. The number of nitrogens with zero attached hydrogens (tertiary/aromatic N) is 1. The van der Waals surface area contributed by atoms with Crippen molar-refractivity contribution >= 4 is 22.9 Å². The first-order valence-electron chi connectivity index (χ1n) is 8.22. The van der Waals surface area contributed by atoms with Gasteiger partial charge < -0.3 is 22.1 Å². The lowest BCUT2D eigenvalue weighted by molar-refractivity contribution is -0.671. The third kappa shape index (κ3) is 2.99. The van der Waals surface area contributed by atoms with Crippen molar-refractivity contribution < 1.29 is 14.2 Å². The number of anilines is 2. The van der Waals surface area contributed by atoms with Gasteiger partial charge in [0, 0.05) is 49.2 Å². The summed E-state index contributed by atoms with van der Waals surface area (Å²) < 4.78 is 1.76. The molecular formula is C18H22N5O2+. The van der Waals surface area contributed by atoms with Crippen LogP contribution in [0.5, 0.6) is 0 Å². The first-order chi connectivity index (χ1) is 12.1. The van der Waals surface area contributed by atoms with Crippen LogP contribution in [0.15, 0.2) is 30.6 Å². The molecule has 1 aliphatic rings. The molecule has 0 bridgehead atoms. The molecule has 0 radical (unpaired) electrons. The summed E-state index contributed by atoms with van der Waals surface area (Å²) in [5.41, 5.74) is 14.0. The summed E-state index contributed by atoms with van der Waals surface area (Å²) in [6, 6.07) is 5.28. The second-order valence-electron chi connectivity index (χ2n) is 5.94. The van der Waals surface area contributed by atoms with Gasteiger partial charge in [-0.25, -0.2) is 4.57 Å². The number of carbonyl (C=O) groups is 2. The van der Waals surface area contributed by atoms with Crippen LogP contribution in [0.25, 0.3) is 0 Å². The van der Waals surface area contributed by atoms with Gasteiger partial charge in [0.2, 0.25) is 5.78 Å². The minimum atomic E-state index is -0.170. The van der Waals surface area contributed by atoms with Gasteiger partial charge in [-0.1, -0.05) is 0 Å². The van der Waals surface area contributed by atoms with Crippen LogP contribution < -0.4 is 26.7 Å². The van der Waals surface area contributed by atoms with Crippen LogP contribution in [0.1, 0.15) is 31.8 Å². The topological polar surface area (TPSA) is 114 Å². The van der Waals surface area contributed by atoms with E-state index in [1.54, 1.807) is 35.2 Å². The molecule has 3 rings (SSSR count). The Bertz CT molecular complexity index is 848. The fourth-order valence-electron chi connectivity index (χ4n) is 3.03. The normalized spacial score (nSPS) is 12.6. The Labute approximate surface area is 146 Å². The van der Waals surface area contributed by atoms with Crippen molar-refractivity contribution in [2.24, 2.45) is 18.5 Å². The van der Waals surface area contributed by atoms with Gasteiger partial charge in [-0.15, -0.1) is 0 Å². The Balaban J connectivity index is 2.20. The Morgan fingerprint density at radius 1 is 0.880 bits per heavy atom. The molecular weight excluding hydrogens is 318 g/mol. The average molecular weight is 340 g/mol. The molecule has 7 heteroatoms. The van der Waals surface area contributed by atoms with E-state index in [0.29, 0.717) is 59.8 Å². The van der Waals surface area contributed by atoms with Crippen molar-refractivity contribution in [2.75, 3.05) is 36.8 Å². The van der Waals surface area contributed by atoms with Crippen LogP contribution in [0.4, 0.5) is 11.4 Å². The van der Waals surface area contributed by atoms with Crippen molar-refractivity contribution in [2.45, 2.75) is 0 Å². The van der Waals surface area contributed by atoms with E-state index in [-0.39, 0.29) is 11.6 Å². The standard InChI is InChI=1S/C18H21N5O2/c1-23-9-4-11-12(10-23)18(25)16-14(22-8-6-20)3-2-13(21-7-5-19)15(16)17(11)24/h2-4,9-10,24H,5-8,19-20H2,1H3/p+1. The van der Waals surface area contributed by atoms with E-state index in [0.717, 1.165) is 0 Å². The molecule has 0 spiro atoms. The summed E-state index contributed by atoms with van der Waals surface area (Å²) >= 11 is 0. The van der Waals surface area contributed by atoms with Crippen LogP contribution in [0.2, 0.25) is 0 Å². The summed E-state index contributed by atoms with van der Waals surface area (Å²) in [5.74, 6) is -0.335. The summed E-state index contributed by atoms with van der Waals surface area (Å²) in [7, 11) is 1.82. The maximum Gasteiger partial charge on any atom is 0.202 e. The molecule has 0 aliphatic heterocycles. The number of pyridine rings is 1. The molecule has 1 aliphatic carbocycles. The van der Waals surface area contributed by atoms with E-state index >= 15 is 0 Å². The number of benzene rings is 1. The van der Waals surface area contributed by atoms with Gasteiger partial charge in [-0.3, -0.25) is 9.59 Å². The van der Waals surface area contributed by atoms with Gasteiger partial charge in [0.25, 0.3) is 0 Å². The second kappa shape index (κ2) is 7.00. The van der Waals surface area contributed by atoms with Gasteiger partial charge in [0.1, 0.15) is 7.05 Å². The molecule has 130 valence electrons. The molecule has 1 aromatic heterocycles. The molecule has 0 saturated heterocycles. The third-order valence-corrected chi connectivity index (χ3v) is 4.17. The van der Waals surface area contributed by atoms with Crippen molar-refractivity contribution in [1.29, 1.82) is 0 Å². The maximum absolute atomic E-state index is 13.1. The average Bonchev–Trinajstić information content (AvgIpc) is 2.62. The predicted molar refractivity (Wildman–Crippen MR) is 96.0 cm³/mol. The summed E-state index contributed by atoms with van der Waals surface area (Å²) in [6.45, 7) is 1.88. The molecule has 1 heterocycles. The van der Waals surface area contributed by atoms with E-state index in [1.807, 2.05) is 7.05 Å². The van der Waals surface area contributed by atoms with Gasteiger partial charge in [-0.05, 0) is 12.1 Å². The van der Waals surface area contributed by atoms with Crippen molar-refractivity contribution in [3.63, 3.8) is 0 Å². The number of nitrogens with one attached hydrogen (secondary N) is 2. The highest BCUT2D eigenvalue weighted by Crippen LogP contribution is 2.35. The molecule has 0 saturated carbocycles. The Morgan fingerprint density at radius 3 is 1.92 bits per heavy atom. The number of ketones is 2. The smallest absolute Gasteiger partial charge is 0.202 e. The highest BCUT2D eigenvalue weighted by molar-refractivity contribution is 6.31. The number of fused-ring (bicyclic) bond motifs is 2. The minimum Gasteiger partial charge on any atom is -0.383 e. The zero-order valence-corrected chi connectivity index (χ0v) is 14.1. The Hall–Kier alpha value is -2.77. The van der Waals surface area contributed by atoms with E-state index in [4.69, 9.17) is 11.5 Å². The van der Waals surface area contributed by atoms with E-state index in [1.165, 1.54) is 0 Å². The molecule has 6 N–H and O–H groups in total. The molecule has 0 fully saturated rings. The van der Waals surface area contributed by atoms with Crippen molar-refractivity contribution in [1.82, 2.24) is 0 Å². The summed E-state index contributed by atoms with van der Waals surface area (Å²) in [4.78, 5) is 26.2. The highest BCUT2D eigenvalue weighted by Gasteiger charge is 2.35. The maximum atomic E-state index is 13.1. The van der Waals surface area contributed by atoms with Gasteiger partial charge in [0.05, 0.1) is 16.7 Å². The van der Waals surface area contributed by atoms with Gasteiger partial charge in [-0.2, -0.15) is 0 Å². The van der Waals surface area contributed by atoms with Crippen molar-refractivity contribution in [3.8, 4) is 0 Å². The van der Waals surface area contributed by atoms with Gasteiger partial charge >= 0.3 is 0 Å². The molecule has 2 aromatic rings. The number of hydrogen-bond acceptors (Lipinski definition) is 6. The van der Waals surface area contributed by atoms with Gasteiger partial charge in [0.15, 0.2) is 18.2 Å². The van der Waals surface area contributed by atoms with Crippen LogP contribution in [0, 0.1) is 0 Å². The quantitative estimate of drug-likeness (QED) is 0.471. The summed E-state index contributed by atoms with van der Waals surface area (Å²) in [6.07, 6.45) is 3.45. The van der Waals surface area contributed by atoms with Crippen LogP contribution >= 0.6 is 0 Å². The van der Waals surface area contributed by atoms with Crippen LogP contribution in [-0.2, 0) is 7.05 Å². The first-order valence-corrected chi connectivity index (χ1v) is 8.22. The molecule has 7 nitrogen and oxygen atoms in total. The monoisotopic (exact) mass is 340 g/mol. The van der Waals surface area contributed by atoms with E-state index < -0.39 is 0 Å².